The number of nitriles is 1. The van der Waals surface area contributed by atoms with Gasteiger partial charge in [-0.3, -0.25) is 14.4 Å². The van der Waals surface area contributed by atoms with E-state index in [-0.39, 0.29) is 19.8 Å². The average Bonchev–Trinajstić information content (AvgIpc) is 3.25. The molecule has 0 saturated heterocycles. The van der Waals surface area contributed by atoms with Crippen LogP contribution in [0.5, 0.6) is 11.5 Å². The zero-order valence-electron chi connectivity index (χ0n) is 16.0. The lowest BCUT2D eigenvalue weighted by Crippen LogP contribution is -2.37. The summed E-state index contributed by atoms with van der Waals surface area (Å²) in [5, 5.41) is 11.2. The van der Waals surface area contributed by atoms with E-state index in [4.69, 9.17) is 19.5 Å². The highest BCUT2D eigenvalue weighted by molar-refractivity contribution is 5.97. The molecule has 0 unspecified atom stereocenters. The number of nitrogens with one attached hydrogen (secondary N) is 1. The zero-order valence-corrected chi connectivity index (χ0v) is 16.0. The van der Waals surface area contributed by atoms with E-state index in [9.17, 15) is 14.4 Å². The van der Waals surface area contributed by atoms with Crippen LogP contribution in [-0.2, 0) is 14.3 Å². The predicted molar refractivity (Wildman–Crippen MR) is 105 cm³/mol. The van der Waals surface area contributed by atoms with Crippen molar-refractivity contribution in [2.45, 2.75) is 6.42 Å². The molecule has 0 saturated carbocycles. The highest BCUT2D eigenvalue weighted by atomic mass is 16.7. The number of hydrogen-bond donors (Lipinski definition) is 1. The number of hydrogen-bond acceptors (Lipinski definition) is 7. The summed E-state index contributed by atoms with van der Waals surface area (Å²) in [5.74, 6) is -0.716. The van der Waals surface area contributed by atoms with Crippen molar-refractivity contribution in [2.75, 3.05) is 31.4 Å². The van der Waals surface area contributed by atoms with Crippen molar-refractivity contribution in [1.29, 1.82) is 5.26 Å². The molecule has 0 atom stereocenters. The summed E-state index contributed by atoms with van der Waals surface area (Å²) in [6.45, 7) is -0.629. The Balaban J connectivity index is 1.49. The number of rotatable bonds is 8. The maximum atomic E-state index is 12.4. The molecule has 2 aromatic carbocycles. The zero-order chi connectivity index (χ0) is 21.3. The third-order valence-corrected chi connectivity index (χ3v) is 4.20. The SMILES string of the molecule is N#CCCN(C(=O)COC(=O)CNC(=O)c1ccc2c(c1)OCO2)c1ccccc1. The van der Waals surface area contributed by atoms with E-state index >= 15 is 0 Å². The number of anilines is 1. The summed E-state index contributed by atoms with van der Waals surface area (Å²) in [6.07, 6.45) is 0.139. The summed E-state index contributed by atoms with van der Waals surface area (Å²) < 4.78 is 15.4. The molecule has 0 bridgehead atoms. The lowest BCUT2D eigenvalue weighted by Gasteiger charge is -2.21. The Morgan fingerprint density at radius 3 is 2.63 bits per heavy atom. The Kier molecular flexibility index (Phi) is 6.84. The van der Waals surface area contributed by atoms with Crippen LogP contribution in [0.1, 0.15) is 16.8 Å². The number of amides is 2. The number of para-hydroxylation sites is 1. The molecule has 3 rings (SSSR count). The number of nitrogens with zero attached hydrogens (tertiary/aromatic N) is 2. The van der Waals surface area contributed by atoms with Gasteiger partial charge in [-0.1, -0.05) is 18.2 Å². The fourth-order valence-corrected chi connectivity index (χ4v) is 2.73. The molecule has 0 radical (unpaired) electrons. The number of fused-ring (bicyclic) bond motifs is 1. The first-order valence-electron chi connectivity index (χ1n) is 9.14. The number of ether oxygens (including phenoxy) is 3. The molecule has 0 fully saturated rings. The van der Waals surface area contributed by atoms with Crippen LogP contribution in [0.15, 0.2) is 48.5 Å². The number of esters is 1. The second kappa shape index (κ2) is 9.93. The number of carbonyl (C=O) groups excluding carboxylic acids is 3. The first-order chi connectivity index (χ1) is 14.6. The molecule has 30 heavy (non-hydrogen) atoms. The summed E-state index contributed by atoms with van der Waals surface area (Å²) in [4.78, 5) is 37.9. The van der Waals surface area contributed by atoms with Crippen LogP contribution in [0.3, 0.4) is 0 Å². The van der Waals surface area contributed by atoms with E-state index in [2.05, 4.69) is 5.32 Å². The Labute approximate surface area is 172 Å². The van der Waals surface area contributed by atoms with Gasteiger partial charge in [0, 0.05) is 17.8 Å². The number of benzene rings is 2. The Morgan fingerprint density at radius 2 is 1.87 bits per heavy atom. The minimum Gasteiger partial charge on any atom is -0.454 e. The Hall–Kier alpha value is -4.06. The van der Waals surface area contributed by atoms with Crippen molar-refractivity contribution >= 4 is 23.5 Å². The molecule has 1 N–H and O–H groups in total. The first kappa shape index (κ1) is 20.7. The smallest absolute Gasteiger partial charge is 0.325 e. The van der Waals surface area contributed by atoms with Crippen LogP contribution in [0.25, 0.3) is 0 Å². The van der Waals surface area contributed by atoms with Gasteiger partial charge in [0.1, 0.15) is 6.54 Å². The van der Waals surface area contributed by atoms with Gasteiger partial charge in [0.25, 0.3) is 11.8 Å². The minimum atomic E-state index is -0.759. The van der Waals surface area contributed by atoms with Crippen molar-refractivity contribution in [3.8, 4) is 17.6 Å². The van der Waals surface area contributed by atoms with E-state index in [0.717, 1.165) is 0 Å². The van der Waals surface area contributed by atoms with E-state index in [0.29, 0.717) is 22.7 Å². The monoisotopic (exact) mass is 409 g/mol. The van der Waals surface area contributed by atoms with Gasteiger partial charge in [-0.15, -0.1) is 0 Å². The molecule has 1 aliphatic heterocycles. The van der Waals surface area contributed by atoms with Crippen LogP contribution >= 0.6 is 0 Å². The van der Waals surface area contributed by atoms with Crippen molar-refractivity contribution < 1.29 is 28.6 Å². The molecule has 0 aromatic heterocycles. The Bertz CT molecular complexity index is 970. The summed E-state index contributed by atoms with van der Waals surface area (Å²) >= 11 is 0. The number of carbonyl (C=O) groups is 3. The van der Waals surface area contributed by atoms with Gasteiger partial charge in [-0.2, -0.15) is 5.26 Å². The third kappa shape index (κ3) is 5.26. The lowest BCUT2D eigenvalue weighted by atomic mass is 10.2. The van der Waals surface area contributed by atoms with Crippen molar-refractivity contribution in [3.63, 3.8) is 0 Å². The standard InChI is InChI=1S/C21H19N3O6/c22-9-4-10-24(16-5-2-1-3-6-16)19(25)13-28-20(26)12-23-21(27)15-7-8-17-18(11-15)30-14-29-17/h1-3,5-8,11H,4,10,12-14H2,(H,23,27). The molecular weight excluding hydrogens is 390 g/mol. The van der Waals surface area contributed by atoms with Crippen molar-refractivity contribution in [3.05, 3.63) is 54.1 Å². The van der Waals surface area contributed by atoms with Crippen LogP contribution < -0.4 is 19.7 Å². The van der Waals surface area contributed by atoms with Gasteiger partial charge in [0.05, 0.1) is 12.5 Å². The molecule has 154 valence electrons. The summed E-state index contributed by atoms with van der Waals surface area (Å²) in [7, 11) is 0. The lowest BCUT2D eigenvalue weighted by molar-refractivity contribution is -0.146. The molecule has 0 aliphatic carbocycles. The maximum absolute atomic E-state index is 12.4. The first-order valence-corrected chi connectivity index (χ1v) is 9.14. The predicted octanol–water partition coefficient (Wildman–Crippen LogP) is 1.64. The van der Waals surface area contributed by atoms with Crippen LogP contribution in [0.2, 0.25) is 0 Å². The van der Waals surface area contributed by atoms with E-state index in [1.807, 2.05) is 6.07 Å². The highest BCUT2D eigenvalue weighted by Gasteiger charge is 2.19. The van der Waals surface area contributed by atoms with Gasteiger partial charge in [0.15, 0.2) is 18.1 Å². The topological polar surface area (TPSA) is 118 Å². The largest absolute Gasteiger partial charge is 0.454 e. The van der Waals surface area contributed by atoms with Crippen LogP contribution in [0, 0.1) is 11.3 Å². The van der Waals surface area contributed by atoms with Gasteiger partial charge in [-0.05, 0) is 30.3 Å². The van der Waals surface area contributed by atoms with Gasteiger partial charge in [0.2, 0.25) is 6.79 Å². The molecule has 2 amide bonds. The molecule has 9 heteroatoms. The van der Waals surface area contributed by atoms with Gasteiger partial charge < -0.3 is 24.4 Å². The van der Waals surface area contributed by atoms with Crippen molar-refractivity contribution in [1.82, 2.24) is 5.32 Å². The molecular formula is C21H19N3O6. The second-order valence-corrected chi connectivity index (χ2v) is 6.20. The molecule has 2 aromatic rings. The maximum Gasteiger partial charge on any atom is 0.325 e. The van der Waals surface area contributed by atoms with E-state index in [1.165, 1.54) is 11.0 Å². The van der Waals surface area contributed by atoms with Gasteiger partial charge in [-0.25, -0.2) is 0 Å². The van der Waals surface area contributed by atoms with Gasteiger partial charge >= 0.3 is 5.97 Å². The molecule has 0 spiro atoms. The minimum absolute atomic E-state index is 0.0924. The van der Waals surface area contributed by atoms with E-state index < -0.39 is 30.9 Å². The highest BCUT2D eigenvalue weighted by Crippen LogP contribution is 2.32. The summed E-state index contributed by atoms with van der Waals surface area (Å²) in [5.41, 5.74) is 0.903. The van der Waals surface area contributed by atoms with Crippen LogP contribution in [-0.4, -0.2) is 44.3 Å². The quantitative estimate of drug-likeness (QED) is 0.659. The fraction of sp³-hybridized carbons (Fsp3) is 0.238. The second-order valence-electron chi connectivity index (χ2n) is 6.20. The molecule has 1 heterocycles. The Morgan fingerprint density at radius 1 is 1.10 bits per heavy atom. The van der Waals surface area contributed by atoms with Crippen LogP contribution in [0.4, 0.5) is 5.69 Å². The average molecular weight is 409 g/mol. The van der Waals surface area contributed by atoms with Crippen molar-refractivity contribution in [2.24, 2.45) is 0 Å². The third-order valence-electron chi connectivity index (χ3n) is 4.20. The summed E-state index contributed by atoms with van der Waals surface area (Å²) in [6, 6.07) is 15.4. The molecule has 9 nitrogen and oxygen atoms in total. The normalized spacial score (nSPS) is 11.3. The van der Waals surface area contributed by atoms with E-state index in [1.54, 1.807) is 42.5 Å². The fourth-order valence-electron chi connectivity index (χ4n) is 2.73. The molecule has 1 aliphatic rings.